The first kappa shape index (κ1) is 14.5. The van der Waals surface area contributed by atoms with Crippen LogP contribution in [0.5, 0.6) is 5.75 Å². The Balaban J connectivity index is 2.53. The molecule has 1 atom stereocenters. The van der Waals surface area contributed by atoms with Crippen LogP contribution < -0.4 is 15.8 Å². The molecule has 100 valence electrons. The zero-order valence-corrected chi connectivity index (χ0v) is 11.3. The minimum absolute atomic E-state index is 0.146. The molecule has 0 aromatic heterocycles. The molecule has 1 amide bonds. The quantitative estimate of drug-likeness (QED) is 0.814. The number of hydrogen-bond donors (Lipinski definition) is 2. The molecule has 18 heavy (non-hydrogen) atoms. The van der Waals surface area contributed by atoms with Crippen LogP contribution in [0.3, 0.4) is 0 Å². The van der Waals surface area contributed by atoms with Gasteiger partial charge in [-0.3, -0.25) is 4.79 Å². The van der Waals surface area contributed by atoms with Crippen molar-refractivity contribution in [3.63, 3.8) is 0 Å². The number of benzene rings is 1. The van der Waals surface area contributed by atoms with E-state index < -0.39 is 6.04 Å². The molecule has 1 rings (SSSR count). The standard InChI is InChI=1S/C14H22N2O2/c1-4-18-12-7-5-11(6-8-12)16-14(17)13(15)9-10(2)3/h5-8,10,13H,4,9,15H2,1-3H3,(H,16,17)/t13-/m0/s1. The molecule has 1 aromatic rings. The van der Waals surface area contributed by atoms with Crippen molar-refractivity contribution in [3.05, 3.63) is 24.3 Å². The molecule has 0 saturated heterocycles. The molecule has 4 heteroatoms. The lowest BCUT2D eigenvalue weighted by molar-refractivity contribution is -0.117. The van der Waals surface area contributed by atoms with Gasteiger partial charge in [-0.2, -0.15) is 0 Å². The Kier molecular flexibility index (Phi) is 5.65. The first-order chi connectivity index (χ1) is 8.52. The molecule has 0 radical (unpaired) electrons. The number of hydrogen-bond acceptors (Lipinski definition) is 3. The molecule has 0 heterocycles. The van der Waals surface area contributed by atoms with Gasteiger partial charge in [-0.15, -0.1) is 0 Å². The average molecular weight is 250 g/mol. The number of anilines is 1. The van der Waals surface area contributed by atoms with Gasteiger partial charge >= 0.3 is 0 Å². The zero-order valence-electron chi connectivity index (χ0n) is 11.3. The summed E-state index contributed by atoms with van der Waals surface area (Å²) in [7, 11) is 0. The number of carbonyl (C=O) groups excluding carboxylic acids is 1. The van der Waals surface area contributed by atoms with Gasteiger partial charge in [0, 0.05) is 5.69 Å². The molecule has 3 N–H and O–H groups in total. The third-order valence-electron chi connectivity index (χ3n) is 2.49. The van der Waals surface area contributed by atoms with Gasteiger partial charge in [-0.25, -0.2) is 0 Å². The van der Waals surface area contributed by atoms with Crippen LogP contribution in [0.25, 0.3) is 0 Å². The second kappa shape index (κ2) is 7.01. The highest BCUT2D eigenvalue weighted by Gasteiger charge is 2.14. The molecule has 0 fully saturated rings. The lowest BCUT2D eigenvalue weighted by Crippen LogP contribution is -2.36. The van der Waals surface area contributed by atoms with Crippen LogP contribution in [-0.2, 0) is 4.79 Å². The molecule has 0 aliphatic heterocycles. The van der Waals surface area contributed by atoms with E-state index in [1.54, 1.807) is 0 Å². The predicted octanol–water partition coefficient (Wildman–Crippen LogP) is 2.40. The third-order valence-corrected chi connectivity index (χ3v) is 2.49. The van der Waals surface area contributed by atoms with Crippen molar-refractivity contribution >= 4 is 11.6 Å². The highest BCUT2D eigenvalue weighted by atomic mass is 16.5. The molecule has 0 aliphatic rings. The highest BCUT2D eigenvalue weighted by Crippen LogP contribution is 2.16. The number of nitrogens with one attached hydrogen (secondary N) is 1. The Hall–Kier alpha value is -1.55. The lowest BCUT2D eigenvalue weighted by atomic mass is 10.0. The largest absolute Gasteiger partial charge is 0.494 e. The molecule has 0 spiro atoms. The summed E-state index contributed by atoms with van der Waals surface area (Å²) in [5.74, 6) is 1.06. The number of amides is 1. The topological polar surface area (TPSA) is 64.3 Å². The van der Waals surface area contributed by atoms with Crippen molar-refractivity contribution in [3.8, 4) is 5.75 Å². The van der Waals surface area contributed by atoms with Crippen molar-refractivity contribution in [2.24, 2.45) is 11.7 Å². The minimum Gasteiger partial charge on any atom is -0.494 e. The maximum absolute atomic E-state index is 11.8. The maximum atomic E-state index is 11.8. The van der Waals surface area contributed by atoms with Gasteiger partial charge in [0.1, 0.15) is 5.75 Å². The van der Waals surface area contributed by atoms with Gasteiger partial charge < -0.3 is 15.8 Å². The molecule has 0 saturated carbocycles. The average Bonchev–Trinajstić information content (AvgIpc) is 2.31. The molecule has 0 bridgehead atoms. The molecule has 0 unspecified atom stereocenters. The Morgan fingerprint density at radius 2 is 1.94 bits per heavy atom. The summed E-state index contributed by atoms with van der Waals surface area (Å²) in [6, 6.07) is 6.81. The monoisotopic (exact) mass is 250 g/mol. The second-order valence-electron chi connectivity index (χ2n) is 4.68. The first-order valence-corrected chi connectivity index (χ1v) is 6.32. The fourth-order valence-corrected chi connectivity index (χ4v) is 1.65. The van der Waals surface area contributed by atoms with Crippen LogP contribution in [0.15, 0.2) is 24.3 Å². The summed E-state index contributed by atoms with van der Waals surface area (Å²) in [4.78, 5) is 11.8. The third kappa shape index (κ3) is 4.75. The number of ether oxygens (including phenoxy) is 1. The number of rotatable bonds is 6. The van der Waals surface area contributed by atoms with Gasteiger partial charge in [0.15, 0.2) is 0 Å². The van der Waals surface area contributed by atoms with E-state index in [0.29, 0.717) is 18.9 Å². The lowest BCUT2D eigenvalue weighted by Gasteiger charge is -2.14. The van der Waals surface area contributed by atoms with Crippen molar-refractivity contribution in [1.29, 1.82) is 0 Å². The van der Waals surface area contributed by atoms with Crippen molar-refractivity contribution in [2.75, 3.05) is 11.9 Å². The number of carbonyl (C=O) groups is 1. The second-order valence-corrected chi connectivity index (χ2v) is 4.68. The van der Waals surface area contributed by atoms with E-state index >= 15 is 0 Å². The van der Waals surface area contributed by atoms with Crippen molar-refractivity contribution < 1.29 is 9.53 Å². The SMILES string of the molecule is CCOc1ccc(NC(=O)[C@@H](N)CC(C)C)cc1. The van der Waals surface area contributed by atoms with Gasteiger partial charge in [-0.1, -0.05) is 13.8 Å². The first-order valence-electron chi connectivity index (χ1n) is 6.32. The molecule has 4 nitrogen and oxygen atoms in total. The Morgan fingerprint density at radius 3 is 2.44 bits per heavy atom. The van der Waals surface area contributed by atoms with Crippen LogP contribution in [0.1, 0.15) is 27.2 Å². The van der Waals surface area contributed by atoms with E-state index in [2.05, 4.69) is 5.32 Å². The van der Waals surface area contributed by atoms with E-state index in [1.807, 2.05) is 45.0 Å². The van der Waals surface area contributed by atoms with Crippen LogP contribution >= 0.6 is 0 Å². The smallest absolute Gasteiger partial charge is 0.241 e. The Morgan fingerprint density at radius 1 is 1.33 bits per heavy atom. The summed E-state index contributed by atoms with van der Waals surface area (Å²) in [6.07, 6.45) is 0.683. The normalized spacial score (nSPS) is 12.3. The number of nitrogens with two attached hydrogens (primary N) is 1. The van der Waals surface area contributed by atoms with Gasteiger partial charge in [0.25, 0.3) is 0 Å². The molecular formula is C14H22N2O2. The molecular weight excluding hydrogens is 228 g/mol. The van der Waals surface area contributed by atoms with E-state index in [1.165, 1.54) is 0 Å². The van der Waals surface area contributed by atoms with Crippen LogP contribution in [0.2, 0.25) is 0 Å². The van der Waals surface area contributed by atoms with Crippen LogP contribution in [0.4, 0.5) is 5.69 Å². The van der Waals surface area contributed by atoms with Crippen molar-refractivity contribution in [2.45, 2.75) is 33.2 Å². The van der Waals surface area contributed by atoms with E-state index in [-0.39, 0.29) is 5.91 Å². The van der Waals surface area contributed by atoms with Gasteiger partial charge in [0.05, 0.1) is 12.6 Å². The maximum Gasteiger partial charge on any atom is 0.241 e. The van der Waals surface area contributed by atoms with Crippen LogP contribution in [0, 0.1) is 5.92 Å². The summed E-state index contributed by atoms with van der Waals surface area (Å²) in [6.45, 7) is 6.65. The summed E-state index contributed by atoms with van der Waals surface area (Å²) < 4.78 is 5.33. The predicted molar refractivity (Wildman–Crippen MR) is 73.7 cm³/mol. The Bertz CT molecular complexity index is 374. The van der Waals surface area contributed by atoms with E-state index in [4.69, 9.17) is 10.5 Å². The molecule has 1 aromatic carbocycles. The Labute approximate surface area is 109 Å². The minimum atomic E-state index is -0.462. The fraction of sp³-hybridized carbons (Fsp3) is 0.500. The van der Waals surface area contributed by atoms with Crippen LogP contribution in [-0.4, -0.2) is 18.6 Å². The summed E-state index contributed by atoms with van der Waals surface area (Å²) in [5, 5.41) is 2.80. The van der Waals surface area contributed by atoms with Gasteiger partial charge in [-0.05, 0) is 43.5 Å². The molecule has 0 aliphatic carbocycles. The van der Waals surface area contributed by atoms with Crippen molar-refractivity contribution in [1.82, 2.24) is 0 Å². The van der Waals surface area contributed by atoms with E-state index in [9.17, 15) is 4.79 Å². The fourth-order valence-electron chi connectivity index (χ4n) is 1.65. The highest BCUT2D eigenvalue weighted by molar-refractivity contribution is 5.94. The van der Waals surface area contributed by atoms with E-state index in [0.717, 1.165) is 11.4 Å². The van der Waals surface area contributed by atoms with Gasteiger partial charge in [0.2, 0.25) is 5.91 Å². The summed E-state index contributed by atoms with van der Waals surface area (Å²) in [5.41, 5.74) is 6.55. The zero-order chi connectivity index (χ0) is 13.5. The summed E-state index contributed by atoms with van der Waals surface area (Å²) >= 11 is 0.